The molecule has 0 radical (unpaired) electrons. The minimum absolute atomic E-state index is 0.250. The van der Waals surface area contributed by atoms with E-state index in [1.165, 1.54) is 0 Å². The van der Waals surface area contributed by atoms with Gasteiger partial charge < -0.3 is 5.32 Å². The van der Waals surface area contributed by atoms with Crippen molar-refractivity contribution in [3.05, 3.63) is 95.1 Å². The van der Waals surface area contributed by atoms with Crippen molar-refractivity contribution < 1.29 is 14.4 Å². The fourth-order valence-corrected chi connectivity index (χ4v) is 3.37. The number of hydrogen-bond donors (Lipinski definition) is 1. The molecule has 1 N–H and O–H groups in total. The summed E-state index contributed by atoms with van der Waals surface area (Å²) in [5.74, 6) is -0.583. The Kier molecular flexibility index (Phi) is 4.72. The highest BCUT2D eigenvalue weighted by atomic mass is 16.2. The van der Waals surface area contributed by atoms with Gasteiger partial charge in [0.15, 0.2) is 0 Å². The number of carbonyl (C=O) groups is 3. The Hall–Kier alpha value is -3.73. The van der Waals surface area contributed by atoms with E-state index in [0.29, 0.717) is 34.0 Å². The third kappa shape index (κ3) is 3.43. The minimum Gasteiger partial charge on any atom is -0.322 e. The van der Waals surface area contributed by atoms with Crippen LogP contribution in [0.5, 0.6) is 0 Å². The van der Waals surface area contributed by atoms with Gasteiger partial charge in [-0.3, -0.25) is 14.4 Å². The highest BCUT2D eigenvalue weighted by molar-refractivity contribution is 6.34. The van der Waals surface area contributed by atoms with E-state index in [4.69, 9.17) is 0 Å². The van der Waals surface area contributed by atoms with Crippen LogP contribution in [0, 0.1) is 0 Å². The Labute approximate surface area is 169 Å². The van der Waals surface area contributed by atoms with E-state index in [2.05, 4.69) is 19.2 Å². The lowest BCUT2D eigenvalue weighted by Crippen LogP contribution is -2.29. The smallest absolute Gasteiger partial charge is 0.266 e. The molecule has 4 rings (SSSR count). The van der Waals surface area contributed by atoms with Gasteiger partial charge in [-0.05, 0) is 53.9 Å². The van der Waals surface area contributed by atoms with Crippen LogP contribution in [-0.4, -0.2) is 17.7 Å². The van der Waals surface area contributed by atoms with Gasteiger partial charge in [-0.25, -0.2) is 4.90 Å². The second kappa shape index (κ2) is 7.36. The lowest BCUT2D eigenvalue weighted by molar-refractivity contribution is 0.0925. The van der Waals surface area contributed by atoms with Gasteiger partial charge in [0, 0.05) is 11.3 Å². The third-order valence-corrected chi connectivity index (χ3v) is 5.00. The fraction of sp³-hybridized carbons (Fsp3) is 0.125. The van der Waals surface area contributed by atoms with Crippen molar-refractivity contribution in [1.29, 1.82) is 0 Å². The van der Waals surface area contributed by atoms with Crippen LogP contribution >= 0.6 is 0 Å². The summed E-state index contributed by atoms with van der Waals surface area (Å²) in [6, 6.07) is 20.9. The second-order valence-corrected chi connectivity index (χ2v) is 7.27. The third-order valence-electron chi connectivity index (χ3n) is 5.00. The molecule has 0 aromatic heterocycles. The van der Waals surface area contributed by atoms with Gasteiger partial charge in [0.05, 0.1) is 16.8 Å². The van der Waals surface area contributed by atoms with Crippen LogP contribution in [0.15, 0.2) is 72.8 Å². The van der Waals surface area contributed by atoms with Crippen LogP contribution in [0.2, 0.25) is 0 Å². The summed E-state index contributed by atoms with van der Waals surface area (Å²) < 4.78 is 0. The number of hydrogen-bond acceptors (Lipinski definition) is 3. The van der Waals surface area contributed by atoms with Crippen LogP contribution in [0.25, 0.3) is 0 Å². The average Bonchev–Trinajstić information content (AvgIpc) is 2.99. The molecule has 5 heteroatoms. The van der Waals surface area contributed by atoms with E-state index in [-0.39, 0.29) is 17.7 Å². The molecule has 5 nitrogen and oxygen atoms in total. The zero-order valence-electron chi connectivity index (χ0n) is 16.2. The normalized spacial score (nSPS) is 13.0. The van der Waals surface area contributed by atoms with Gasteiger partial charge in [-0.15, -0.1) is 0 Å². The molecule has 0 unspecified atom stereocenters. The molecular formula is C24H20N2O3. The number of carbonyl (C=O) groups excluding carboxylic acids is 3. The number of imide groups is 1. The summed E-state index contributed by atoms with van der Waals surface area (Å²) in [6.07, 6.45) is 0. The number of rotatable bonds is 4. The van der Waals surface area contributed by atoms with Crippen LogP contribution in [0.3, 0.4) is 0 Å². The maximum absolute atomic E-state index is 12.7. The first-order valence-electron chi connectivity index (χ1n) is 9.45. The maximum Gasteiger partial charge on any atom is 0.266 e. The van der Waals surface area contributed by atoms with E-state index < -0.39 is 0 Å². The van der Waals surface area contributed by atoms with Crippen molar-refractivity contribution >= 4 is 29.1 Å². The van der Waals surface area contributed by atoms with Crippen LogP contribution in [0.1, 0.15) is 56.4 Å². The first-order chi connectivity index (χ1) is 14.0. The summed E-state index contributed by atoms with van der Waals surface area (Å²) in [5, 5.41) is 2.83. The molecule has 1 aliphatic heterocycles. The molecule has 3 amide bonds. The summed E-state index contributed by atoms with van der Waals surface area (Å²) in [5.41, 5.74) is 3.41. The van der Waals surface area contributed by atoms with E-state index in [9.17, 15) is 14.4 Å². The molecule has 0 saturated carbocycles. The van der Waals surface area contributed by atoms with E-state index in [0.717, 1.165) is 10.5 Å². The number of nitrogens with one attached hydrogen (secondary N) is 1. The molecule has 3 aromatic rings. The summed E-state index contributed by atoms with van der Waals surface area (Å²) >= 11 is 0. The Balaban J connectivity index is 1.56. The van der Waals surface area contributed by atoms with Crippen molar-refractivity contribution in [3.63, 3.8) is 0 Å². The van der Waals surface area contributed by atoms with E-state index in [1.54, 1.807) is 60.7 Å². The quantitative estimate of drug-likeness (QED) is 0.653. The molecule has 1 aliphatic rings. The molecule has 0 bridgehead atoms. The zero-order chi connectivity index (χ0) is 20.5. The predicted molar refractivity (Wildman–Crippen MR) is 113 cm³/mol. The SMILES string of the molecule is CC(C)c1ccc(C(=O)Nc2cccc(N3C(=O)c4ccccc4C3=O)c2)cc1. The van der Waals surface area contributed by atoms with Crippen molar-refractivity contribution in [3.8, 4) is 0 Å². The Morgan fingerprint density at radius 3 is 2.03 bits per heavy atom. The molecular weight excluding hydrogens is 364 g/mol. The van der Waals surface area contributed by atoms with Gasteiger partial charge in [0.25, 0.3) is 17.7 Å². The van der Waals surface area contributed by atoms with Gasteiger partial charge >= 0.3 is 0 Å². The van der Waals surface area contributed by atoms with Crippen molar-refractivity contribution in [2.75, 3.05) is 10.2 Å². The number of amides is 3. The molecule has 144 valence electrons. The van der Waals surface area contributed by atoms with Gasteiger partial charge in [0.2, 0.25) is 0 Å². The van der Waals surface area contributed by atoms with Crippen LogP contribution in [-0.2, 0) is 0 Å². The Morgan fingerprint density at radius 1 is 0.828 bits per heavy atom. The van der Waals surface area contributed by atoms with Crippen LogP contribution < -0.4 is 10.2 Å². The van der Waals surface area contributed by atoms with E-state index >= 15 is 0 Å². The van der Waals surface area contributed by atoms with Crippen LogP contribution in [0.4, 0.5) is 11.4 Å². The largest absolute Gasteiger partial charge is 0.322 e. The monoisotopic (exact) mass is 384 g/mol. The number of benzene rings is 3. The molecule has 3 aromatic carbocycles. The summed E-state index contributed by atoms with van der Waals surface area (Å²) in [4.78, 5) is 39.0. The second-order valence-electron chi connectivity index (χ2n) is 7.27. The first-order valence-corrected chi connectivity index (χ1v) is 9.45. The fourth-order valence-electron chi connectivity index (χ4n) is 3.37. The molecule has 0 fully saturated rings. The first kappa shape index (κ1) is 18.6. The zero-order valence-corrected chi connectivity index (χ0v) is 16.2. The van der Waals surface area contributed by atoms with Gasteiger partial charge in [-0.1, -0.05) is 44.2 Å². The van der Waals surface area contributed by atoms with E-state index in [1.807, 2.05) is 12.1 Å². The van der Waals surface area contributed by atoms with Crippen molar-refractivity contribution in [1.82, 2.24) is 0 Å². The molecule has 1 heterocycles. The predicted octanol–water partition coefficient (Wildman–Crippen LogP) is 4.86. The standard InChI is InChI=1S/C24H20N2O3/c1-15(2)16-10-12-17(13-11-16)22(27)25-18-6-5-7-19(14-18)26-23(28)20-8-3-4-9-21(20)24(26)29/h3-15H,1-2H3,(H,25,27). The highest BCUT2D eigenvalue weighted by Gasteiger charge is 2.36. The van der Waals surface area contributed by atoms with Crippen molar-refractivity contribution in [2.24, 2.45) is 0 Å². The van der Waals surface area contributed by atoms with Gasteiger partial charge in [-0.2, -0.15) is 0 Å². The summed E-state index contributed by atoms with van der Waals surface area (Å²) in [7, 11) is 0. The maximum atomic E-state index is 12.7. The highest BCUT2D eigenvalue weighted by Crippen LogP contribution is 2.29. The molecule has 0 aliphatic carbocycles. The lowest BCUT2D eigenvalue weighted by atomic mass is 10.0. The molecule has 29 heavy (non-hydrogen) atoms. The molecule has 0 saturated heterocycles. The minimum atomic E-state index is -0.363. The number of nitrogens with zero attached hydrogens (tertiary/aromatic N) is 1. The summed E-state index contributed by atoms with van der Waals surface area (Å²) in [6.45, 7) is 4.19. The number of fused-ring (bicyclic) bond motifs is 1. The van der Waals surface area contributed by atoms with Crippen molar-refractivity contribution in [2.45, 2.75) is 19.8 Å². The Bertz CT molecular complexity index is 1080. The number of anilines is 2. The Morgan fingerprint density at radius 2 is 1.45 bits per heavy atom. The van der Waals surface area contributed by atoms with Gasteiger partial charge in [0.1, 0.15) is 0 Å². The molecule has 0 atom stereocenters. The molecule has 0 spiro atoms. The average molecular weight is 384 g/mol. The lowest BCUT2D eigenvalue weighted by Gasteiger charge is -2.15. The topological polar surface area (TPSA) is 66.5 Å².